The summed E-state index contributed by atoms with van der Waals surface area (Å²) >= 11 is 0. The zero-order valence-electron chi connectivity index (χ0n) is 10.4. The molecule has 0 radical (unpaired) electrons. The van der Waals surface area contributed by atoms with E-state index in [0.717, 1.165) is 0 Å². The highest BCUT2D eigenvalue weighted by atomic mass is 32.2. The molecule has 0 atom stereocenters. The molecule has 0 saturated carbocycles. The number of sulfone groups is 1. The van der Waals surface area contributed by atoms with Crippen LogP contribution in [-0.2, 0) is 16.4 Å². The summed E-state index contributed by atoms with van der Waals surface area (Å²) in [5, 5.41) is 15.6. The van der Waals surface area contributed by atoms with E-state index < -0.39 is 15.8 Å². The standard InChI is InChI=1S/C10H17N3O4S/c1-8(2)3-5-18(16,17)6-4-13-7-9(10(14)15)11-12-13/h7-8H,3-6H2,1-2H3,(H,14,15). The Morgan fingerprint density at radius 2 is 2.11 bits per heavy atom. The van der Waals surface area contributed by atoms with Crippen LogP contribution in [0.1, 0.15) is 30.8 Å². The number of carboxylic acids is 1. The van der Waals surface area contributed by atoms with Gasteiger partial charge in [-0.3, -0.25) is 4.68 Å². The van der Waals surface area contributed by atoms with Gasteiger partial charge in [-0.2, -0.15) is 0 Å². The van der Waals surface area contributed by atoms with Gasteiger partial charge in [-0.1, -0.05) is 19.1 Å². The van der Waals surface area contributed by atoms with Crippen LogP contribution < -0.4 is 0 Å². The van der Waals surface area contributed by atoms with Crippen LogP contribution in [0, 0.1) is 5.92 Å². The summed E-state index contributed by atoms with van der Waals surface area (Å²) in [6.45, 7) is 4.05. The number of hydrogen-bond acceptors (Lipinski definition) is 5. The lowest BCUT2D eigenvalue weighted by molar-refractivity contribution is 0.0690. The number of carbonyl (C=O) groups is 1. The summed E-state index contributed by atoms with van der Waals surface area (Å²) < 4.78 is 24.6. The summed E-state index contributed by atoms with van der Waals surface area (Å²) in [4.78, 5) is 10.6. The fourth-order valence-corrected chi connectivity index (χ4v) is 2.76. The molecule has 0 unspecified atom stereocenters. The number of hydrogen-bond donors (Lipinski definition) is 1. The van der Waals surface area contributed by atoms with Crippen LogP contribution in [0.25, 0.3) is 0 Å². The van der Waals surface area contributed by atoms with E-state index in [9.17, 15) is 13.2 Å². The lowest BCUT2D eigenvalue weighted by Crippen LogP contribution is -2.17. The Morgan fingerprint density at radius 1 is 1.44 bits per heavy atom. The second-order valence-electron chi connectivity index (χ2n) is 4.51. The molecule has 0 aliphatic carbocycles. The maximum atomic E-state index is 11.7. The first-order valence-corrected chi connectivity index (χ1v) is 7.46. The van der Waals surface area contributed by atoms with E-state index in [1.165, 1.54) is 10.9 Å². The van der Waals surface area contributed by atoms with E-state index in [0.29, 0.717) is 12.3 Å². The van der Waals surface area contributed by atoms with Crippen LogP contribution in [0.3, 0.4) is 0 Å². The molecule has 1 heterocycles. The van der Waals surface area contributed by atoms with Crippen molar-refractivity contribution in [2.24, 2.45) is 5.92 Å². The summed E-state index contributed by atoms with van der Waals surface area (Å²) in [5.41, 5.74) is -0.186. The molecule has 0 aliphatic heterocycles. The number of aryl methyl sites for hydroxylation is 1. The Bertz CT molecular complexity index is 507. The molecule has 18 heavy (non-hydrogen) atoms. The third kappa shape index (κ3) is 4.82. The van der Waals surface area contributed by atoms with Gasteiger partial charge in [0.2, 0.25) is 0 Å². The first-order valence-electron chi connectivity index (χ1n) is 5.64. The number of aromatic carboxylic acids is 1. The fourth-order valence-electron chi connectivity index (χ4n) is 1.26. The normalized spacial score (nSPS) is 11.9. The summed E-state index contributed by atoms with van der Waals surface area (Å²) in [6, 6.07) is 0. The van der Waals surface area contributed by atoms with Gasteiger partial charge in [0.05, 0.1) is 24.2 Å². The molecule has 8 heteroatoms. The van der Waals surface area contributed by atoms with Crippen molar-refractivity contribution in [3.63, 3.8) is 0 Å². The Hall–Kier alpha value is -1.44. The Balaban J connectivity index is 2.51. The molecule has 0 saturated heterocycles. The molecule has 1 rings (SSSR count). The summed E-state index contributed by atoms with van der Waals surface area (Å²) in [7, 11) is -3.12. The predicted octanol–water partition coefficient (Wildman–Crippen LogP) is 0.437. The summed E-state index contributed by atoms with van der Waals surface area (Å²) in [5.74, 6) is -0.749. The van der Waals surface area contributed by atoms with E-state index in [1.807, 2.05) is 13.8 Å². The molecule has 0 aromatic carbocycles. The predicted molar refractivity (Wildman–Crippen MR) is 65.1 cm³/mol. The monoisotopic (exact) mass is 275 g/mol. The van der Waals surface area contributed by atoms with E-state index in [4.69, 9.17) is 5.11 Å². The van der Waals surface area contributed by atoms with Crippen molar-refractivity contribution in [3.8, 4) is 0 Å². The van der Waals surface area contributed by atoms with Crippen molar-refractivity contribution in [2.45, 2.75) is 26.8 Å². The van der Waals surface area contributed by atoms with Crippen LogP contribution in [-0.4, -0.2) is 46.0 Å². The van der Waals surface area contributed by atoms with Gasteiger partial charge < -0.3 is 5.11 Å². The molecular weight excluding hydrogens is 258 g/mol. The minimum absolute atomic E-state index is 0.0534. The largest absolute Gasteiger partial charge is 0.476 e. The molecule has 7 nitrogen and oxygen atoms in total. The smallest absolute Gasteiger partial charge is 0.358 e. The minimum Gasteiger partial charge on any atom is -0.476 e. The Kier molecular flexibility index (Phi) is 4.83. The number of carboxylic acid groups (broad SMARTS) is 1. The van der Waals surface area contributed by atoms with Gasteiger partial charge in [-0.15, -0.1) is 5.10 Å². The number of aromatic nitrogens is 3. The van der Waals surface area contributed by atoms with E-state index in [2.05, 4.69) is 10.3 Å². The SMILES string of the molecule is CC(C)CCS(=O)(=O)CCn1cc(C(=O)O)nn1. The molecule has 0 spiro atoms. The highest BCUT2D eigenvalue weighted by Crippen LogP contribution is 2.04. The lowest BCUT2D eigenvalue weighted by atomic mass is 10.2. The van der Waals surface area contributed by atoms with Crippen molar-refractivity contribution >= 4 is 15.8 Å². The molecule has 0 aliphatic rings. The molecule has 1 N–H and O–H groups in total. The molecule has 0 bridgehead atoms. The molecule has 0 amide bonds. The zero-order valence-corrected chi connectivity index (χ0v) is 11.2. The van der Waals surface area contributed by atoms with E-state index in [-0.39, 0.29) is 23.7 Å². The van der Waals surface area contributed by atoms with Crippen LogP contribution in [0.15, 0.2) is 6.20 Å². The maximum Gasteiger partial charge on any atom is 0.358 e. The van der Waals surface area contributed by atoms with Crippen LogP contribution >= 0.6 is 0 Å². The van der Waals surface area contributed by atoms with Gasteiger partial charge in [0, 0.05) is 0 Å². The average molecular weight is 275 g/mol. The fraction of sp³-hybridized carbons (Fsp3) is 0.700. The summed E-state index contributed by atoms with van der Waals surface area (Å²) in [6.07, 6.45) is 1.85. The second kappa shape index (κ2) is 5.94. The van der Waals surface area contributed by atoms with Crippen molar-refractivity contribution < 1.29 is 18.3 Å². The van der Waals surface area contributed by atoms with E-state index in [1.54, 1.807) is 0 Å². The average Bonchev–Trinajstić information content (AvgIpc) is 2.73. The lowest BCUT2D eigenvalue weighted by Gasteiger charge is -2.06. The van der Waals surface area contributed by atoms with Crippen LogP contribution in [0.5, 0.6) is 0 Å². The Morgan fingerprint density at radius 3 is 2.61 bits per heavy atom. The van der Waals surface area contributed by atoms with Gasteiger partial charge >= 0.3 is 5.97 Å². The van der Waals surface area contributed by atoms with Gasteiger partial charge in [0.25, 0.3) is 0 Å². The van der Waals surface area contributed by atoms with Crippen molar-refractivity contribution in [2.75, 3.05) is 11.5 Å². The zero-order chi connectivity index (χ0) is 13.8. The quantitative estimate of drug-likeness (QED) is 0.774. The van der Waals surface area contributed by atoms with Crippen molar-refractivity contribution in [3.05, 3.63) is 11.9 Å². The third-order valence-electron chi connectivity index (χ3n) is 2.40. The third-order valence-corrected chi connectivity index (χ3v) is 4.06. The second-order valence-corrected chi connectivity index (χ2v) is 6.81. The molecule has 102 valence electrons. The Labute approximate surface area is 106 Å². The van der Waals surface area contributed by atoms with E-state index >= 15 is 0 Å². The highest BCUT2D eigenvalue weighted by molar-refractivity contribution is 7.91. The first-order chi connectivity index (χ1) is 8.30. The van der Waals surface area contributed by atoms with Gasteiger partial charge in [-0.25, -0.2) is 13.2 Å². The van der Waals surface area contributed by atoms with Gasteiger partial charge in [0.1, 0.15) is 0 Å². The van der Waals surface area contributed by atoms with Gasteiger partial charge in [-0.05, 0) is 12.3 Å². The van der Waals surface area contributed by atoms with Crippen LogP contribution in [0.4, 0.5) is 0 Å². The number of nitrogens with zero attached hydrogens (tertiary/aromatic N) is 3. The van der Waals surface area contributed by atoms with Crippen LogP contribution in [0.2, 0.25) is 0 Å². The van der Waals surface area contributed by atoms with Gasteiger partial charge in [0.15, 0.2) is 15.5 Å². The maximum absolute atomic E-state index is 11.7. The highest BCUT2D eigenvalue weighted by Gasteiger charge is 2.14. The molecule has 0 fully saturated rings. The molecule has 1 aromatic rings. The van der Waals surface area contributed by atoms with Crippen molar-refractivity contribution in [1.82, 2.24) is 15.0 Å². The van der Waals surface area contributed by atoms with Crippen molar-refractivity contribution in [1.29, 1.82) is 0 Å². The molecule has 1 aromatic heterocycles. The first kappa shape index (κ1) is 14.6. The topological polar surface area (TPSA) is 102 Å². The molecular formula is C10H17N3O4S. The number of rotatable bonds is 7. The minimum atomic E-state index is -3.12.